The van der Waals surface area contributed by atoms with E-state index in [1.54, 1.807) is 11.3 Å². The highest BCUT2D eigenvalue weighted by molar-refractivity contribution is 14.0. The number of nitrogens with one attached hydrogen (secondary N) is 1. The van der Waals surface area contributed by atoms with E-state index in [0.717, 1.165) is 44.1 Å². The molecule has 0 aromatic carbocycles. The number of likely N-dealkylation sites (tertiary alicyclic amines) is 1. The van der Waals surface area contributed by atoms with Crippen LogP contribution < -0.4 is 11.1 Å². The van der Waals surface area contributed by atoms with E-state index < -0.39 is 0 Å². The molecule has 2 rings (SSSR count). The number of hydrogen-bond acceptors (Lipinski definition) is 4. The van der Waals surface area contributed by atoms with E-state index in [0.29, 0.717) is 18.9 Å². The van der Waals surface area contributed by atoms with Crippen molar-refractivity contribution in [2.45, 2.75) is 39.7 Å². The molecule has 0 bridgehead atoms. The van der Waals surface area contributed by atoms with Gasteiger partial charge in [-0.3, -0.25) is 4.79 Å². The van der Waals surface area contributed by atoms with Gasteiger partial charge in [0.15, 0.2) is 5.96 Å². The van der Waals surface area contributed by atoms with E-state index in [-0.39, 0.29) is 29.9 Å². The van der Waals surface area contributed by atoms with Crippen molar-refractivity contribution in [3.63, 3.8) is 0 Å². The van der Waals surface area contributed by atoms with Crippen molar-refractivity contribution in [3.05, 3.63) is 16.1 Å². The predicted molar refractivity (Wildman–Crippen MR) is 105 cm³/mol. The lowest BCUT2D eigenvalue weighted by Crippen LogP contribution is -2.47. The second-order valence-corrected chi connectivity index (χ2v) is 6.60. The van der Waals surface area contributed by atoms with E-state index >= 15 is 0 Å². The van der Waals surface area contributed by atoms with Crippen molar-refractivity contribution in [1.29, 1.82) is 0 Å². The Morgan fingerprint density at radius 1 is 1.61 bits per heavy atom. The highest BCUT2D eigenvalue weighted by Crippen LogP contribution is 2.20. The molecule has 6 nitrogen and oxygen atoms in total. The summed E-state index contributed by atoms with van der Waals surface area (Å²) in [7, 11) is 0. The van der Waals surface area contributed by atoms with Gasteiger partial charge in [0.05, 0.1) is 17.7 Å². The molecule has 0 aliphatic carbocycles. The van der Waals surface area contributed by atoms with Gasteiger partial charge in [-0.15, -0.1) is 35.3 Å². The molecular weight excluding hydrogens is 425 g/mol. The average Bonchev–Trinajstić information content (AvgIpc) is 2.88. The number of thiazole rings is 1. The lowest BCUT2D eigenvalue weighted by atomic mass is 9.95. The summed E-state index contributed by atoms with van der Waals surface area (Å²) in [4.78, 5) is 23.6. The Morgan fingerprint density at radius 3 is 3.00 bits per heavy atom. The maximum absolute atomic E-state index is 11.1. The van der Waals surface area contributed by atoms with Crippen LogP contribution in [0.4, 0.5) is 0 Å². The molecule has 1 aliphatic rings. The smallest absolute Gasteiger partial charge is 0.217 e. The average molecular weight is 451 g/mol. The van der Waals surface area contributed by atoms with Crippen molar-refractivity contribution in [2.24, 2.45) is 16.6 Å². The number of nitrogens with two attached hydrogens (primary N) is 1. The molecule has 1 aromatic heterocycles. The fraction of sp³-hybridized carbons (Fsp3) is 0.667. The number of piperidine rings is 1. The molecule has 1 atom stereocenters. The summed E-state index contributed by atoms with van der Waals surface area (Å²) in [6.07, 6.45) is 2.60. The number of rotatable bonds is 5. The molecule has 2 heterocycles. The molecule has 1 aliphatic heterocycles. The van der Waals surface area contributed by atoms with Crippen molar-refractivity contribution in [3.8, 4) is 0 Å². The van der Waals surface area contributed by atoms with Gasteiger partial charge in [-0.2, -0.15) is 0 Å². The number of carbonyl (C=O) groups is 1. The van der Waals surface area contributed by atoms with Crippen molar-refractivity contribution in [2.75, 3.05) is 19.6 Å². The van der Waals surface area contributed by atoms with Gasteiger partial charge in [0.2, 0.25) is 5.91 Å². The molecule has 0 saturated carbocycles. The van der Waals surface area contributed by atoms with E-state index in [2.05, 4.69) is 22.1 Å². The Balaban J connectivity index is 0.00000264. The number of nitrogens with zero attached hydrogens (tertiary/aromatic N) is 3. The Bertz CT molecular complexity index is 534. The van der Waals surface area contributed by atoms with Crippen LogP contribution >= 0.6 is 35.3 Å². The minimum Gasteiger partial charge on any atom is -0.370 e. The van der Waals surface area contributed by atoms with Crippen LogP contribution in [0.15, 0.2) is 10.5 Å². The van der Waals surface area contributed by atoms with Gasteiger partial charge in [0.25, 0.3) is 0 Å². The third kappa shape index (κ3) is 6.25. The fourth-order valence-electron chi connectivity index (χ4n) is 2.76. The minimum absolute atomic E-state index is 0. The summed E-state index contributed by atoms with van der Waals surface area (Å²) in [5.41, 5.74) is 8.24. The number of primary amides is 1. The molecule has 1 unspecified atom stereocenters. The molecule has 1 amide bonds. The van der Waals surface area contributed by atoms with Gasteiger partial charge < -0.3 is 16.0 Å². The highest BCUT2D eigenvalue weighted by Gasteiger charge is 2.23. The molecule has 0 spiro atoms. The summed E-state index contributed by atoms with van der Waals surface area (Å²) in [5.74, 6) is 1.04. The van der Waals surface area contributed by atoms with Crippen LogP contribution in [0, 0.1) is 12.8 Å². The van der Waals surface area contributed by atoms with Crippen LogP contribution in [0.2, 0.25) is 0 Å². The Labute approximate surface area is 159 Å². The first-order valence-corrected chi connectivity index (χ1v) is 8.68. The number of carbonyl (C=O) groups excluding carboxylic acids is 1. The predicted octanol–water partition coefficient (Wildman–Crippen LogP) is 2.12. The van der Waals surface area contributed by atoms with E-state index in [1.807, 2.05) is 12.4 Å². The van der Waals surface area contributed by atoms with Gasteiger partial charge in [0, 0.05) is 30.9 Å². The summed E-state index contributed by atoms with van der Waals surface area (Å²) >= 11 is 1.64. The molecule has 1 aromatic rings. The van der Waals surface area contributed by atoms with Crippen LogP contribution in [0.25, 0.3) is 0 Å². The molecule has 1 fully saturated rings. The van der Waals surface area contributed by atoms with Crippen LogP contribution in [-0.2, 0) is 11.3 Å². The molecule has 3 N–H and O–H groups in total. The number of guanidine groups is 1. The first-order chi connectivity index (χ1) is 10.6. The van der Waals surface area contributed by atoms with Crippen LogP contribution in [0.3, 0.4) is 0 Å². The van der Waals surface area contributed by atoms with E-state index in [9.17, 15) is 4.79 Å². The Morgan fingerprint density at radius 2 is 2.39 bits per heavy atom. The summed E-state index contributed by atoms with van der Waals surface area (Å²) in [6, 6.07) is 0. The topological polar surface area (TPSA) is 83.6 Å². The largest absolute Gasteiger partial charge is 0.370 e. The molecular formula is C15H26IN5OS. The van der Waals surface area contributed by atoms with E-state index in [1.165, 1.54) is 4.88 Å². The third-order valence-electron chi connectivity index (χ3n) is 3.86. The number of aryl methyl sites for hydroxylation is 1. The summed E-state index contributed by atoms with van der Waals surface area (Å²) < 4.78 is 0. The third-order valence-corrected chi connectivity index (χ3v) is 4.78. The zero-order valence-corrected chi connectivity index (χ0v) is 16.9. The van der Waals surface area contributed by atoms with Crippen molar-refractivity contribution in [1.82, 2.24) is 15.2 Å². The normalized spacial score (nSPS) is 18.4. The van der Waals surface area contributed by atoms with E-state index in [4.69, 9.17) is 10.7 Å². The monoisotopic (exact) mass is 451 g/mol. The zero-order valence-electron chi connectivity index (χ0n) is 13.7. The standard InChI is InChI=1S/C15H25N5OS.HI/c1-3-17-15(18-8-13-11(2)19-10-22-13)20-6-4-5-12(9-20)7-14(16)21;/h10,12H,3-9H2,1-2H3,(H2,16,21)(H,17,18);1H. The lowest BCUT2D eigenvalue weighted by Gasteiger charge is -2.34. The quantitative estimate of drug-likeness (QED) is 0.408. The molecule has 1 saturated heterocycles. The molecule has 130 valence electrons. The maximum atomic E-state index is 11.1. The fourth-order valence-corrected chi connectivity index (χ4v) is 3.46. The number of amides is 1. The highest BCUT2D eigenvalue weighted by atomic mass is 127. The SMILES string of the molecule is CCNC(=NCc1scnc1C)N1CCCC(CC(N)=O)C1.I. The van der Waals surface area contributed by atoms with Crippen LogP contribution in [0.5, 0.6) is 0 Å². The van der Waals surface area contributed by atoms with Gasteiger partial charge in [-0.1, -0.05) is 0 Å². The second kappa shape index (κ2) is 10.1. The Kier molecular flexibility index (Phi) is 8.82. The maximum Gasteiger partial charge on any atom is 0.217 e. The number of aromatic nitrogens is 1. The molecule has 23 heavy (non-hydrogen) atoms. The first kappa shape index (κ1) is 20.1. The zero-order chi connectivity index (χ0) is 15.9. The van der Waals surface area contributed by atoms with Crippen molar-refractivity contribution < 1.29 is 4.79 Å². The second-order valence-electron chi connectivity index (χ2n) is 5.66. The number of aliphatic imine (C=N–C) groups is 1. The number of halogens is 1. The lowest BCUT2D eigenvalue weighted by molar-refractivity contribution is -0.119. The summed E-state index contributed by atoms with van der Waals surface area (Å²) in [5, 5.41) is 3.35. The summed E-state index contributed by atoms with van der Waals surface area (Å²) in [6.45, 7) is 7.38. The van der Waals surface area contributed by atoms with Gasteiger partial charge in [-0.05, 0) is 32.6 Å². The molecule has 8 heteroatoms. The Hall–Kier alpha value is -0.900. The molecule has 0 radical (unpaired) electrons. The van der Waals surface area contributed by atoms with Crippen LogP contribution in [0.1, 0.15) is 36.8 Å². The van der Waals surface area contributed by atoms with Gasteiger partial charge in [0.1, 0.15) is 0 Å². The first-order valence-electron chi connectivity index (χ1n) is 7.80. The van der Waals surface area contributed by atoms with Crippen molar-refractivity contribution >= 4 is 47.2 Å². The van der Waals surface area contributed by atoms with Gasteiger partial charge >= 0.3 is 0 Å². The minimum atomic E-state index is -0.214. The van der Waals surface area contributed by atoms with Gasteiger partial charge in [-0.25, -0.2) is 9.98 Å². The van der Waals surface area contributed by atoms with Crippen LogP contribution in [-0.4, -0.2) is 41.4 Å². The number of hydrogen-bond donors (Lipinski definition) is 2.